The van der Waals surface area contributed by atoms with Crippen molar-refractivity contribution in [3.8, 4) is 0 Å². The van der Waals surface area contributed by atoms with Crippen molar-refractivity contribution in [1.82, 2.24) is 9.97 Å². The second-order valence-corrected chi connectivity index (χ2v) is 5.57. The summed E-state index contributed by atoms with van der Waals surface area (Å²) in [7, 11) is -2.19. The summed E-state index contributed by atoms with van der Waals surface area (Å²) < 4.78 is 11.3. The smallest absolute Gasteiger partial charge is 0.128 e. The highest BCUT2D eigenvalue weighted by molar-refractivity contribution is 7.69. The molecule has 0 fully saturated rings. The van der Waals surface area contributed by atoms with Crippen LogP contribution >= 0.6 is 7.14 Å². The maximum Gasteiger partial charge on any atom is 0.128 e. The molecule has 1 aromatic heterocycles. The number of hydrogen-bond donors (Lipinski definition) is 0. The summed E-state index contributed by atoms with van der Waals surface area (Å²) >= 11 is 0. The monoisotopic (exact) mass is 156 g/mol. The van der Waals surface area contributed by atoms with Gasteiger partial charge in [-0.15, -0.1) is 0 Å². The van der Waals surface area contributed by atoms with Crippen LogP contribution in [-0.2, 0) is 4.57 Å². The highest BCUT2D eigenvalue weighted by atomic mass is 31.2. The molecule has 0 aliphatic carbocycles. The van der Waals surface area contributed by atoms with Crippen LogP contribution in [0.1, 0.15) is 0 Å². The van der Waals surface area contributed by atoms with Gasteiger partial charge < -0.3 is 4.57 Å². The number of aromatic nitrogens is 2. The van der Waals surface area contributed by atoms with Crippen LogP contribution in [0.25, 0.3) is 0 Å². The molecule has 0 aliphatic rings. The van der Waals surface area contributed by atoms with Crippen molar-refractivity contribution >= 4 is 12.6 Å². The third kappa shape index (κ3) is 1.64. The molecular formula is C6H9N2OP. The van der Waals surface area contributed by atoms with E-state index in [1.807, 2.05) is 0 Å². The van der Waals surface area contributed by atoms with Crippen LogP contribution in [0.3, 0.4) is 0 Å². The van der Waals surface area contributed by atoms with Crippen LogP contribution in [0, 0.1) is 0 Å². The summed E-state index contributed by atoms with van der Waals surface area (Å²) in [6.45, 7) is 3.36. The Morgan fingerprint density at radius 1 is 1.40 bits per heavy atom. The molecule has 0 atom stereocenters. The Hall–Kier alpha value is -0.690. The SMILES string of the molecule is CP(C)(=O)c1cnccn1. The van der Waals surface area contributed by atoms with Crippen LogP contribution in [0.15, 0.2) is 18.6 Å². The molecule has 1 rings (SSSR count). The fourth-order valence-electron chi connectivity index (χ4n) is 0.569. The van der Waals surface area contributed by atoms with Gasteiger partial charge in [-0.05, 0) is 13.3 Å². The minimum absolute atomic E-state index is 0.593. The lowest BCUT2D eigenvalue weighted by molar-refractivity contribution is 0.587. The zero-order valence-electron chi connectivity index (χ0n) is 5.98. The van der Waals surface area contributed by atoms with E-state index in [-0.39, 0.29) is 0 Å². The molecule has 0 unspecified atom stereocenters. The van der Waals surface area contributed by atoms with Gasteiger partial charge in [0.05, 0.1) is 6.20 Å². The van der Waals surface area contributed by atoms with Gasteiger partial charge in [-0.25, -0.2) is 0 Å². The van der Waals surface area contributed by atoms with E-state index in [1.54, 1.807) is 31.9 Å². The fourth-order valence-corrected chi connectivity index (χ4v) is 1.26. The second-order valence-electron chi connectivity index (χ2n) is 2.41. The van der Waals surface area contributed by atoms with Crippen LogP contribution in [0.2, 0.25) is 0 Å². The predicted octanol–water partition coefficient (Wildman–Crippen LogP) is 0.725. The van der Waals surface area contributed by atoms with Crippen molar-refractivity contribution in [2.75, 3.05) is 13.3 Å². The topological polar surface area (TPSA) is 42.9 Å². The summed E-state index contributed by atoms with van der Waals surface area (Å²) in [5.41, 5.74) is 0.593. The van der Waals surface area contributed by atoms with Crippen molar-refractivity contribution in [1.29, 1.82) is 0 Å². The minimum Gasteiger partial charge on any atom is -0.318 e. The molecule has 0 aliphatic heterocycles. The van der Waals surface area contributed by atoms with Crippen molar-refractivity contribution < 1.29 is 4.57 Å². The number of hydrogen-bond acceptors (Lipinski definition) is 3. The van der Waals surface area contributed by atoms with E-state index in [4.69, 9.17) is 0 Å². The van der Waals surface area contributed by atoms with Crippen LogP contribution in [0.4, 0.5) is 0 Å². The maximum absolute atomic E-state index is 11.3. The second kappa shape index (κ2) is 2.51. The molecule has 0 amide bonds. The third-order valence-electron chi connectivity index (χ3n) is 1.10. The van der Waals surface area contributed by atoms with E-state index in [9.17, 15) is 4.57 Å². The molecule has 3 nitrogen and oxygen atoms in total. The van der Waals surface area contributed by atoms with Gasteiger partial charge in [-0.2, -0.15) is 0 Å². The van der Waals surface area contributed by atoms with Gasteiger partial charge in [0.2, 0.25) is 0 Å². The van der Waals surface area contributed by atoms with Crippen LogP contribution < -0.4 is 5.44 Å². The largest absolute Gasteiger partial charge is 0.318 e. The molecule has 54 valence electrons. The molecule has 4 heteroatoms. The summed E-state index contributed by atoms with van der Waals surface area (Å²) in [4.78, 5) is 7.74. The molecule has 1 heterocycles. The average molecular weight is 156 g/mol. The van der Waals surface area contributed by atoms with E-state index >= 15 is 0 Å². The summed E-state index contributed by atoms with van der Waals surface area (Å²) in [6, 6.07) is 0. The van der Waals surface area contributed by atoms with E-state index in [0.717, 1.165) is 0 Å². The van der Waals surface area contributed by atoms with Crippen molar-refractivity contribution in [2.24, 2.45) is 0 Å². The molecule has 0 N–H and O–H groups in total. The summed E-state index contributed by atoms with van der Waals surface area (Å²) in [5, 5.41) is 0. The Kier molecular flexibility index (Phi) is 1.86. The zero-order valence-corrected chi connectivity index (χ0v) is 6.88. The molecule has 0 spiro atoms. The Labute approximate surface area is 59.9 Å². The molecule has 0 saturated carbocycles. The zero-order chi connectivity index (χ0) is 7.61. The molecule has 1 aromatic rings. The predicted molar refractivity (Wildman–Crippen MR) is 41.1 cm³/mol. The first-order chi connectivity index (χ1) is 4.61. The fraction of sp³-hybridized carbons (Fsp3) is 0.333. The number of rotatable bonds is 1. The lowest BCUT2D eigenvalue weighted by Gasteiger charge is -2.02. The summed E-state index contributed by atoms with van der Waals surface area (Å²) in [5.74, 6) is 0. The van der Waals surface area contributed by atoms with Gasteiger partial charge in [0.25, 0.3) is 0 Å². The number of nitrogens with zero attached hydrogens (tertiary/aromatic N) is 2. The van der Waals surface area contributed by atoms with Crippen molar-refractivity contribution in [3.63, 3.8) is 0 Å². The minimum atomic E-state index is -2.19. The van der Waals surface area contributed by atoms with Gasteiger partial charge >= 0.3 is 0 Å². The van der Waals surface area contributed by atoms with Gasteiger partial charge in [0.15, 0.2) is 0 Å². The van der Waals surface area contributed by atoms with E-state index < -0.39 is 7.14 Å². The van der Waals surface area contributed by atoms with Gasteiger partial charge in [-0.3, -0.25) is 9.97 Å². The Balaban J connectivity index is 3.09. The normalized spacial score (nSPS) is 11.4. The quantitative estimate of drug-likeness (QED) is 0.563. The van der Waals surface area contributed by atoms with Crippen molar-refractivity contribution in [2.45, 2.75) is 0 Å². The van der Waals surface area contributed by atoms with E-state index in [0.29, 0.717) is 5.44 Å². The van der Waals surface area contributed by atoms with E-state index in [1.165, 1.54) is 0 Å². The molecular weight excluding hydrogens is 147 g/mol. The lowest BCUT2D eigenvalue weighted by atomic mass is 10.8. The Morgan fingerprint density at radius 3 is 2.40 bits per heavy atom. The highest BCUT2D eigenvalue weighted by Crippen LogP contribution is 2.32. The van der Waals surface area contributed by atoms with Gasteiger partial charge in [-0.1, -0.05) is 0 Å². The molecule has 0 aromatic carbocycles. The third-order valence-corrected chi connectivity index (χ3v) is 2.44. The van der Waals surface area contributed by atoms with Gasteiger partial charge in [0.1, 0.15) is 12.6 Å². The van der Waals surface area contributed by atoms with Crippen LogP contribution in [0.5, 0.6) is 0 Å². The Morgan fingerprint density at radius 2 is 2.10 bits per heavy atom. The lowest BCUT2D eigenvalue weighted by Crippen LogP contribution is -2.07. The maximum atomic E-state index is 11.3. The molecule has 10 heavy (non-hydrogen) atoms. The van der Waals surface area contributed by atoms with E-state index in [2.05, 4.69) is 9.97 Å². The van der Waals surface area contributed by atoms with Crippen molar-refractivity contribution in [3.05, 3.63) is 18.6 Å². The first-order valence-electron chi connectivity index (χ1n) is 2.92. The van der Waals surface area contributed by atoms with Crippen LogP contribution in [-0.4, -0.2) is 23.3 Å². The first-order valence-corrected chi connectivity index (χ1v) is 5.52. The summed E-state index contributed by atoms with van der Waals surface area (Å²) in [6.07, 6.45) is 4.66. The molecule has 0 bridgehead atoms. The highest BCUT2D eigenvalue weighted by Gasteiger charge is 2.10. The Bertz CT molecular complexity index is 254. The first kappa shape index (κ1) is 7.42. The average Bonchev–Trinajstić information content (AvgIpc) is 1.88. The molecule has 0 radical (unpaired) electrons. The molecule has 0 saturated heterocycles. The standard InChI is InChI=1S/C6H9N2OP/c1-10(2,9)6-5-7-3-4-8-6/h3-5H,1-2H3. The van der Waals surface area contributed by atoms with Gasteiger partial charge in [0, 0.05) is 12.4 Å².